The highest BCUT2D eigenvalue weighted by Gasteiger charge is 2.26. The highest BCUT2D eigenvalue weighted by Crippen LogP contribution is 2.21. The number of hydrogen-bond acceptors (Lipinski definition) is 3. The molecular formula is C10H20N4O. The summed E-state index contributed by atoms with van der Waals surface area (Å²) in [6.07, 6.45) is 2.91. The normalized spacial score (nSPS) is 27.3. The van der Waals surface area contributed by atoms with Crippen LogP contribution in [-0.4, -0.2) is 42.3 Å². The molecule has 1 N–H and O–H groups in total. The van der Waals surface area contributed by atoms with Crippen molar-refractivity contribution in [2.24, 2.45) is 11.0 Å². The van der Waals surface area contributed by atoms with Gasteiger partial charge in [-0.2, -0.15) is 0 Å². The summed E-state index contributed by atoms with van der Waals surface area (Å²) in [6.45, 7) is 5.35. The second-order valence-corrected chi connectivity index (χ2v) is 4.16. The molecule has 0 aliphatic carbocycles. The van der Waals surface area contributed by atoms with Crippen molar-refractivity contribution >= 4 is 0 Å². The number of azide groups is 1. The molecule has 0 aromatic carbocycles. The van der Waals surface area contributed by atoms with E-state index in [1.54, 1.807) is 0 Å². The maximum atomic E-state index is 9.78. The summed E-state index contributed by atoms with van der Waals surface area (Å²) in [4.78, 5) is 5.02. The van der Waals surface area contributed by atoms with Crippen LogP contribution >= 0.6 is 0 Å². The molecular weight excluding hydrogens is 192 g/mol. The first-order valence-corrected chi connectivity index (χ1v) is 5.69. The number of nitrogens with zero attached hydrogens (tertiary/aromatic N) is 4. The van der Waals surface area contributed by atoms with E-state index in [0.717, 1.165) is 38.9 Å². The molecule has 1 heterocycles. The predicted molar refractivity (Wildman–Crippen MR) is 59.5 cm³/mol. The molecule has 1 saturated heterocycles. The standard InChI is InChI=1S/C10H20N4O/c1-2-3-9-8-14(6-4-10(9)15)7-5-12-13-11/h9-10,15H,2-8H2,1H3/t9-,10+/m0/s1. The third kappa shape index (κ3) is 4.08. The average Bonchev–Trinajstić information content (AvgIpc) is 2.23. The zero-order valence-corrected chi connectivity index (χ0v) is 9.34. The lowest BCUT2D eigenvalue weighted by molar-refractivity contribution is 0.0239. The molecule has 15 heavy (non-hydrogen) atoms. The van der Waals surface area contributed by atoms with E-state index in [1.807, 2.05) is 0 Å². The van der Waals surface area contributed by atoms with E-state index in [2.05, 4.69) is 21.8 Å². The van der Waals surface area contributed by atoms with Crippen LogP contribution < -0.4 is 0 Å². The van der Waals surface area contributed by atoms with Gasteiger partial charge in [0.25, 0.3) is 0 Å². The van der Waals surface area contributed by atoms with Crippen molar-refractivity contribution in [1.82, 2.24) is 4.90 Å². The largest absolute Gasteiger partial charge is 0.393 e. The van der Waals surface area contributed by atoms with Crippen LogP contribution in [0.2, 0.25) is 0 Å². The fourth-order valence-corrected chi connectivity index (χ4v) is 2.18. The Kier molecular flexibility index (Phi) is 5.47. The number of hydrogen-bond donors (Lipinski definition) is 1. The van der Waals surface area contributed by atoms with Gasteiger partial charge in [0, 0.05) is 31.1 Å². The summed E-state index contributed by atoms with van der Waals surface area (Å²) in [5.74, 6) is 0.398. The van der Waals surface area contributed by atoms with Crippen molar-refractivity contribution in [2.75, 3.05) is 26.2 Å². The van der Waals surface area contributed by atoms with Gasteiger partial charge in [0.15, 0.2) is 0 Å². The monoisotopic (exact) mass is 212 g/mol. The van der Waals surface area contributed by atoms with E-state index < -0.39 is 0 Å². The number of aliphatic hydroxyl groups excluding tert-OH is 1. The van der Waals surface area contributed by atoms with Crippen LogP contribution in [0.5, 0.6) is 0 Å². The summed E-state index contributed by atoms with van der Waals surface area (Å²) < 4.78 is 0. The van der Waals surface area contributed by atoms with Crippen LogP contribution in [0, 0.1) is 5.92 Å². The van der Waals surface area contributed by atoms with Crippen LogP contribution in [0.4, 0.5) is 0 Å². The average molecular weight is 212 g/mol. The first kappa shape index (κ1) is 12.3. The molecule has 0 aromatic rings. The third-order valence-corrected chi connectivity index (χ3v) is 3.02. The van der Waals surface area contributed by atoms with Gasteiger partial charge in [0.05, 0.1) is 6.10 Å². The SMILES string of the molecule is CCC[C@H]1CN(CCN=[N+]=[N-])CC[C@H]1O. The van der Waals surface area contributed by atoms with Crippen molar-refractivity contribution in [1.29, 1.82) is 0 Å². The van der Waals surface area contributed by atoms with E-state index in [0.29, 0.717) is 12.5 Å². The lowest BCUT2D eigenvalue weighted by Crippen LogP contribution is -2.43. The maximum absolute atomic E-state index is 9.78. The van der Waals surface area contributed by atoms with Gasteiger partial charge in [-0.15, -0.1) is 0 Å². The van der Waals surface area contributed by atoms with E-state index in [-0.39, 0.29) is 6.10 Å². The summed E-state index contributed by atoms with van der Waals surface area (Å²) in [7, 11) is 0. The van der Waals surface area contributed by atoms with Gasteiger partial charge in [0.1, 0.15) is 0 Å². The minimum atomic E-state index is -0.138. The molecule has 0 saturated carbocycles. The Morgan fingerprint density at radius 1 is 1.60 bits per heavy atom. The smallest absolute Gasteiger partial charge is 0.0592 e. The van der Waals surface area contributed by atoms with Crippen molar-refractivity contribution < 1.29 is 5.11 Å². The molecule has 0 unspecified atom stereocenters. The van der Waals surface area contributed by atoms with E-state index >= 15 is 0 Å². The molecule has 86 valence electrons. The molecule has 0 radical (unpaired) electrons. The van der Waals surface area contributed by atoms with Gasteiger partial charge in [-0.1, -0.05) is 18.5 Å². The van der Waals surface area contributed by atoms with Crippen molar-refractivity contribution in [3.8, 4) is 0 Å². The molecule has 0 bridgehead atoms. The number of rotatable bonds is 5. The van der Waals surface area contributed by atoms with Gasteiger partial charge in [-0.25, -0.2) is 0 Å². The Morgan fingerprint density at radius 3 is 3.07 bits per heavy atom. The molecule has 1 aliphatic heterocycles. The predicted octanol–water partition coefficient (Wildman–Crippen LogP) is 1.78. The highest BCUT2D eigenvalue weighted by atomic mass is 16.3. The van der Waals surface area contributed by atoms with E-state index in [9.17, 15) is 5.11 Å². The molecule has 1 aliphatic rings. The summed E-state index contributed by atoms with van der Waals surface area (Å²) in [6, 6.07) is 0. The van der Waals surface area contributed by atoms with E-state index in [1.165, 1.54) is 0 Å². The van der Waals surface area contributed by atoms with Gasteiger partial charge >= 0.3 is 0 Å². The third-order valence-electron chi connectivity index (χ3n) is 3.02. The van der Waals surface area contributed by atoms with Crippen LogP contribution in [0.25, 0.3) is 10.4 Å². The Balaban J connectivity index is 2.32. The molecule has 1 fully saturated rings. The Morgan fingerprint density at radius 2 is 2.40 bits per heavy atom. The highest BCUT2D eigenvalue weighted by molar-refractivity contribution is 4.79. The molecule has 0 aromatic heterocycles. The summed E-state index contributed by atoms with van der Waals surface area (Å²) in [5, 5.41) is 13.3. The second-order valence-electron chi connectivity index (χ2n) is 4.16. The first-order chi connectivity index (χ1) is 7.27. The molecule has 0 amide bonds. The number of piperidine rings is 1. The van der Waals surface area contributed by atoms with Gasteiger partial charge < -0.3 is 10.0 Å². The van der Waals surface area contributed by atoms with Crippen LogP contribution in [-0.2, 0) is 0 Å². The molecule has 1 rings (SSSR count). The lowest BCUT2D eigenvalue weighted by Gasteiger charge is -2.35. The van der Waals surface area contributed by atoms with Crippen LogP contribution in [0.1, 0.15) is 26.2 Å². The van der Waals surface area contributed by atoms with Crippen LogP contribution in [0.15, 0.2) is 5.11 Å². The fraction of sp³-hybridized carbons (Fsp3) is 1.00. The Labute approximate surface area is 90.7 Å². The zero-order valence-electron chi connectivity index (χ0n) is 9.34. The van der Waals surface area contributed by atoms with Crippen molar-refractivity contribution in [2.45, 2.75) is 32.3 Å². The van der Waals surface area contributed by atoms with Crippen molar-refractivity contribution in [3.63, 3.8) is 0 Å². The minimum Gasteiger partial charge on any atom is -0.393 e. The summed E-state index contributed by atoms with van der Waals surface area (Å²) in [5.41, 5.74) is 8.17. The molecule has 0 spiro atoms. The van der Waals surface area contributed by atoms with Gasteiger partial charge in [-0.05, 0) is 24.3 Å². The zero-order chi connectivity index (χ0) is 11.1. The maximum Gasteiger partial charge on any atom is 0.0592 e. The summed E-state index contributed by atoms with van der Waals surface area (Å²) >= 11 is 0. The van der Waals surface area contributed by atoms with E-state index in [4.69, 9.17) is 5.53 Å². The molecule has 5 heteroatoms. The second kappa shape index (κ2) is 6.67. The minimum absolute atomic E-state index is 0.138. The molecule has 2 atom stereocenters. The Bertz CT molecular complexity index is 227. The topological polar surface area (TPSA) is 72.2 Å². The fourth-order valence-electron chi connectivity index (χ4n) is 2.18. The van der Waals surface area contributed by atoms with Crippen molar-refractivity contribution in [3.05, 3.63) is 10.4 Å². The van der Waals surface area contributed by atoms with Crippen LogP contribution in [0.3, 0.4) is 0 Å². The van der Waals surface area contributed by atoms with Gasteiger partial charge in [0.2, 0.25) is 0 Å². The van der Waals surface area contributed by atoms with Gasteiger partial charge in [-0.3, -0.25) is 0 Å². The Hall–Kier alpha value is -0.770. The number of likely N-dealkylation sites (tertiary alicyclic amines) is 1. The first-order valence-electron chi connectivity index (χ1n) is 5.69. The molecule has 5 nitrogen and oxygen atoms in total. The number of aliphatic hydroxyl groups is 1. The quantitative estimate of drug-likeness (QED) is 0.428. The lowest BCUT2D eigenvalue weighted by atomic mass is 9.91.